The number of hydrogen-bond donors (Lipinski definition) is 1. The second-order valence-electron chi connectivity index (χ2n) is 6.67. The smallest absolute Gasteiger partial charge is 0.268 e. The Bertz CT molecular complexity index is 1120. The van der Waals surface area contributed by atoms with Crippen molar-refractivity contribution < 1.29 is 14.3 Å². The number of anilines is 1. The van der Waals surface area contributed by atoms with Crippen molar-refractivity contribution in [2.24, 2.45) is 0 Å². The Balaban J connectivity index is 1.58. The van der Waals surface area contributed by atoms with E-state index in [0.717, 1.165) is 16.9 Å². The number of nitrogens with one attached hydrogen (secondary N) is 1. The lowest BCUT2D eigenvalue weighted by Crippen LogP contribution is -2.13. The first-order chi connectivity index (χ1) is 14.9. The highest BCUT2D eigenvalue weighted by Gasteiger charge is 2.11. The summed E-state index contributed by atoms with van der Waals surface area (Å²) in [6.45, 7) is 4.85. The molecule has 1 aromatic heterocycles. The molecule has 8 heteroatoms. The molecule has 31 heavy (non-hydrogen) atoms. The van der Waals surface area contributed by atoms with Crippen LogP contribution in [0.25, 0.3) is 6.08 Å². The summed E-state index contributed by atoms with van der Waals surface area (Å²) in [7, 11) is 0. The molecule has 3 rings (SSSR count). The van der Waals surface area contributed by atoms with Gasteiger partial charge in [-0.25, -0.2) is 4.98 Å². The van der Waals surface area contributed by atoms with Crippen LogP contribution in [0.5, 0.6) is 11.5 Å². The molecule has 0 unspecified atom stereocenters. The van der Waals surface area contributed by atoms with Crippen LogP contribution in [-0.4, -0.2) is 24.1 Å². The molecule has 0 saturated carbocycles. The standard InChI is InChI=1S/C23H20BrN3O3S/c1-15-9-16(2)11-19(10-15)29-6-7-30-21-4-3-17(13-20(21)24)12-18(14-25)22(28)27-23-26-5-8-31-23/h3-5,8-13H,6-7H2,1-2H3,(H,26,27,28)/b18-12-. The summed E-state index contributed by atoms with van der Waals surface area (Å²) in [5, 5.41) is 14.1. The van der Waals surface area contributed by atoms with Crippen LogP contribution in [0.15, 0.2) is 58.0 Å². The first-order valence-electron chi connectivity index (χ1n) is 9.40. The molecule has 2 aromatic carbocycles. The van der Waals surface area contributed by atoms with Crippen LogP contribution in [0.4, 0.5) is 5.13 Å². The van der Waals surface area contributed by atoms with Crippen LogP contribution in [0.3, 0.4) is 0 Å². The zero-order valence-electron chi connectivity index (χ0n) is 17.0. The molecule has 1 heterocycles. The van der Waals surface area contributed by atoms with E-state index in [1.165, 1.54) is 17.4 Å². The molecular weight excluding hydrogens is 478 g/mol. The number of halogens is 1. The Hall–Kier alpha value is -3.15. The van der Waals surface area contributed by atoms with Gasteiger partial charge in [-0.3, -0.25) is 10.1 Å². The van der Waals surface area contributed by atoms with Gasteiger partial charge in [-0.1, -0.05) is 12.1 Å². The van der Waals surface area contributed by atoms with Crippen molar-refractivity contribution >= 4 is 44.4 Å². The molecule has 0 saturated heterocycles. The van der Waals surface area contributed by atoms with Crippen molar-refractivity contribution in [1.82, 2.24) is 4.98 Å². The fourth-order valence-electron chi connectivity index (χ4n) is 2.82. The van der Waals surface area contributed by atoms with Crippen LogP contribution >= 0.6 is 27.3 Å². The Morgan fingerprint density at radius 1 is 1.19 bits per heavy atom. The predicted octanol–water partition coefficient (Wildman–Crippen LogP) is 5.53. The van der Waals surface area contributed by atoms with E-state index in [9.17, 15) is 10.1 Å². The van der Waals surface area contributed by atoms with Crippen molar-refractivity contribution in [2.75, 3.05) is 18.5 Å². The maximum atomic E-state index is 12.2. The third-order valence-corrected chi connectivity index (χ3v) is 5.40. The van der Waals surface area contributed by atoms with E-state index in [1.54, 1.807) is 29.8 Å². The second-order valence-corrected chi connectivity index (χ2v) is 8.42. The predicted molar refractivity (Wildman–Crippen MR) is 125 cm³/mol. The van der Waals surface area contributed by atoms with Gasteiger partial charge in [0.05, 0.1) is 4.47 Å². The van der Waals surface area contributed by atoms with Crippen molar-refractivity contribution in [3.8, 4) is 17.6 Å². The lowest BCUT2D eigenvalue weighted by molar-refractivity contribution is -0.112. The third kappa shape index (κ3) is 6.67. The van der Waals surface area contributed by atoms with Crippen LogP contribution < -0.4 is 14.8 Å². The summed E-state index contributed by atoms with van der Waals surface area (Å²) >= 11 is 4.76. The number of aromatic nitrogens is 1. The molecule has 3 aromatic rings. The van der Waals surface area contributed by atoms with Crippen molar-refractivity contribution in [1.29, 1.82) is 5.26 Å². The molecular formula is C23H20BrN3O3S. The van der Waals surface area contributed by atoms with E-state index in [0.29, 0.717) is 34.1 Å². The molecule has 0 aliphatic carbocycles. The highest BCUT2D eigenvalue weighted by molar-refractivity contribution is 9.10. The number of carbonyl (C=O) groups excluding carboxylic acids is 1. The number of thiazole rings is 1. The zero-order chi connectivity index (χ0) is 22.2. The van der Waals surface area contributed by atoms with Gasteiger partial charge in [-0.15, -0.1) is 11.3 Å². The summed E-state index contributed by atoms with van der Waals surface area (Å²) in [4.78, 5) is 16.2. The average molecular weight is 498 g/mol. The fourth-order valence-corrected chi connectivity index (χ4v) is 3.85. The first kappa shape index (κ1) is 22.5. The van der Waals surface area contributed by atoms with E-state index in [2.05, 4.69) is 32.3 Å². The molecule has 0 fully saturated rings. The minimum atomic E-state index is -0.502. The topological polar surface area (TPSA) is 84.2 Å². The lowest BCUT2D eigenvalue weighted by Gasteiger charge is -2.11. The molecule has 0 aliphatic rings. The molecule has 0 bridgehead atoms. The van der Waals surface area contributed by atoms with Gasteiger partial charge in [0.1, 0.15) is 36.4 Å². The first-order valence-corrected chi connectivity index (χ1v) is 11.1. The van der Waals surface area contributed by atoms with Gasteiger partial charge in [-0.05, 0) is 76.8 Å². The number of aryl methyl sites for hydroxylation is 2. The van der Waals surface area contributed by atoms with Gasteiger partial charge >= 0.3 is 0 Å². The maximum Gasteiger partial charge on any atom is 0.268 e. The van der Waals surface area contributed by atoms with Gasteiger partial charge in [0.15, 0.2) is 5.13 Å². The summed E-state index contributed by atoms with van der Waals surface area (Å²) in [6, 6.07) is 13.3. The largest absolute Gasteiger partial charge is 0.490 e. The fraction of sp³-hybridized carbons (Fsp3) is 0.174. The van der Waals surface area contributed by atoms with Crippen molar-refractivity contribution in [3.05, 3.63) is 74.7 Å². The SMILES string of the molecule is Cc1cc(C)cc(OCCOc2ccc(/C=C(/C#N)C(=O)Nc3nccs3)cc2Br)c1. The van der Waals surface area contributed by atoms with Crippen LogP contribution in [-0.2, 0) is 4.79 Å². The molecule has 6 nitrogen and oxygen atoms in total. The van der Waals surface area contributed by atoms with Gasteiger partial charge in [-0.2, -0.15) is 5.26 Å². The third-order valence-electron chi connectivity index (χ3n) is 4.09. The highest BCUT2D eigenvalue weighted by Crippen LogP contribution is 2.27. The molecule has 0 radical (unpaired) electrons. The van der Waals surface area contributed by atoms with Gasteiger partial charge in [0.25, 0.3) is 5.91 Å². The summed E-state index contributed by atoms with van der Waals surface area (Å²) in [5.41, 5.74) is 2.98. The normalized spacial score (nSPS) is 11.0. The van der Waals surface area contributed by atoms with E-state index in [4.69, 9.17) is 9.47 Å². The van der Waals surface area contributed by atoms with Gasteiger partial charge in [0, 0.05) is 11.6 Å². The van der Waals surface area contributed by atoms with E-state index >= 15 is 0 Å². The molecule has 0 spiro atoms. The number of benzene rings is 2. The maximum absolute atomic E-state index is 12.2. The molecule has 0 atom stereocenters. The van der Waals surface area contributed by atoms with E-state index in [-0.39, 0.29) is 5.57 Å². The molecule has 1 N–H and O–H groups in total. The monoisotopic (exact) mass is 497 g/mol. The zero-order valence-corrected chi connectivity index (χ0v) is 19.4. The quantitative estimate of drug-likeness (QED) is 0.251. The highest BCUT2D eigenvalue weighted by atomic mass is 79.9. The molecule has 1 amide bonds. The van der Waals surface area contributed by atoms with Crippen molar-refractivity contribution in [3.63, 3.8) is 0 Å². The van der Waals surface area contributed by atoms with E-state index in [1.807, 2.05) is 32.0 Å². The molecule has 0 aliphatic heterocycles. The second kappa shape index (κ2) is 10.8. The van der Waals surface area contributed by atoms with Crippen LogP contribution in [0.1, 0.15) is 16.7 Å². The Kier molecular flexibility index (Phi) is 7.82. The number of rotatable bonds is 8. The average Bonchev–Trinajstić information content (AvgIpc) is 3.23. The summed E-state index contributed by atoms with van der Waals surface area (Å²) in [6.07, 6.45) is 3.10. The van der Waals surface area contributed by atoms with Crippen molar-refractivity contribution in [2.45, 2.75) is 13.8 Å². The van der Waals surface area contributed by atoms with E-state index < -0.39 is 5.91 Å². The Morgan fingerprint density at radius 2 is 1.94 bits per heavy atom. The number of carbonyl (C=O) groups is 1. The Morgan fingerprint density at radius 3 is 2.58 bits per heavy atom. The number of amides is 1. The summed E-state index contributed by atoms with van der Waals surface area (Å²) in [5.74, 6) is 0.963. The number of ether oxygens (including phenoxy) is 2. The number of nitrogens with zero attached hydrogens (tertiary/aromatic N) is 2. The number of nitriles is 1. The summed E-state index contributed by atoms with van der Waals surface area (Å²) < 4.78 is 12.2. The van der Waals surface area contributed by atoms with Crippen LogP contribution in [0.2, 0.25) is 0 Å². The van der Waals surface area contributed by atoms with Gasteiger partial charge < -0.3 is 9.47 Å². The van der Waals surface area contributed by atoms with Gasteiger partial charge in [0.2, 0.25) is 0 Å². The van der Waals surface area contributed by atoms with Crippen LogP contribution in [0, 0.1) is 25.2 Å². The minimum Gasteiger partial charge on any atom is -0.490 e. The lowest BCUT2D eigenvalue weighted by atomic mass is 10.1. The Labute approximate surface area is 193 Å². The molecule has 158 valence electrons. The minimum absolute atomic E-state index is 0.0161. The number of hydrogen-bond acceptors (Lipinski definition) is 6.